The number of allylic oxidation sites excluding steroid dienone is 1. The van der Waals surface area contributed by atoms with Crippen molar-refractivity contribution in [1.82, 2.24) is 5.43 Å². The zero-order valence-corrected chi connectivity index (χ0v) is 9.29. The van der Waals surface area contributed by atoms with Crippen molar-refractivity contribution in [2.45, 2.75) is 0 Å². The van der Waals surface area contributed by atoms with Crippen molar-refractivity contribution in [3.05, 3.63) is 8.96 Å². The summed E-state index contributed by atoms with van der Waals surface area (Å²) >= 11 is 5.68. The maximum absolute atomic E-state index is 10.3. The highest BCUT2D eigenvalue weighted by molar-refractivity contribution is 9.14. The molecule has 0 aromatic carbocycles. The normalized spacial score (nSPS) is 12.5. The smallest absolute Gasteiger partial charge is 0.344 e. The molecule has 72 valence electrons. The highest BCUT2D eigenvalue weighted by Gasteiger charge is 2.06. The molecule has 0 fully saturated rings. The number of nitrogens with zero attached hydrogens (tertiary/aromatic N) is 1. The predicted octanol–water partition coefficient (Wildman–Crippen LogP) is 0.727. The fraction of sp³-hybridized carbons (Fsp3) is 0. The zero-order chi connectivity index (χ0) is 10.4. The number of carbonyl (C=O) groups excluding carboxylic acids is 1. The van der Waals surface area contributed by atoms with Crippen LogP contribution < -0.4 is 11.2 Å². The van der Waals surface area contributed by atoms with E-state index in [0.29, 0.717) is 0 Å². The van der Waals surface area contributed by atoms with Crippen molar-refractivity contribution >= 4 is 50.1 Å². The molecule has 0 radical (unpaired) electrons. The number of hydrogen-bond acceptors (Lipinski definition) is 3. The average Bonchev–Trinajstić information content (AvgIpc) is 2.02. The molecular weight excluding hydrogens is 310 g/mol. The fourth-order valence-corrected chi connectivity index (χ4v) is 0.686. The van der Waals surface area contributed by atoms with Crippen molar-refractivity contribution in [3.63, 3.8) is 0 Å². The van der Waals surface area contributed by atoms with Gasteiger partial charge in [0.1, 0.15) is 4.48 Å². The van der Waals surface area contributed by atoms with Crippen molar-refractivity contribution in [2.75, 3.05) is 0 Å². The molecule has 0 heterocycles. The summed E-state index contributed by atoms with van der Waals surface area (Å²) in [5.41, 5.74) is 6.59. The molecule has 13 heavy (non-hydrogen) atoms. The van der Waals surface area contributed by atoms with Gasteiger partial charge in [-0.3, -0.25) is 0 Å². The minimum Gasteiger partial charge on any atom is -0.477 e. The third-order valence-electron chi connectivity index (χ3n) is 0.750. The monoisotopic (exact) mass is 313 g/mol. The van der Waals surface area contributed by atoms with Crippen LogP contribution in [0.2, 0.25) is 0 Å². The van der Waals surface area contributed by atoms with Crippen molar-refractivity contribution in [3.8, 4) is 0 Å². The molecule has 4 N–H and O–H groups in total. The molecule has 0 saturated heterocycles. The van der Waals surface area contributed by atoms with Gasteiger partial charge in [0, 0.05) is 0 Å². The number of carbonyl (C=O) groups is 2. The zero-order valence-electron chi connectivity index (χ0n) is 6.12. The van der Waals surface area contributed by atoms with E-state index in [4.69, 9.17) is 10.8 Å². The summed E-state index contributed by atoms with van der Waals surface area (Å²) in [5, 5.41) is 11.8. The van der Waals surface area contributed by atoms with E-state index in [2.05, 4.69) is 37.0 Å². The molecule has 0 aliphatic rings. The summed E-state index contributed by atoms with van der Waals surface area (Å²) in [6.45, 7) is 0. The highest BCUT2D eigenvalue weighted by Crippen LogP contribution is 2.15. The Morgan fingerprint density at radius 3 is 2.38 bits per heavy atom. The van der Waals surface area contributed by atoms with Crippen molar-refractivity contribution in [1.29, 1.82) is 0 Å². The number of nitrogens with one attached hydrogen (secondary N) is 1. The van der Waals surface area contributed by atoms with Crippen LogP contribution in [0.15, 0.2) is 14.1 Å². The van der Waals surface area contributed by atoms with E-state index in [9.17, 15) is 9.59 Å². The third kappa shape index (κ3) is 5.36. The van der Waals surface area contributed by atoms with Crippen LogP contribution in [0.5, 0.6) is 0 Å². The second kappa shape index (κ2) is 5.70. The average molecular weight is 315 g/mol. The van der Waals surface area contributed by atoms with Gasteiger partial charge in [0.15, 0.2) is 0 Å². The number of nitrogens with two attached hydrogens (primary N) is 1. The Morgan fingerprint density at radius 2 is 2.00 bits per heavy atom. The number of rotatable bonds is 3. The number of hydrazone groups is 1. The fourth-order valence-electron chi connectivity index (χ4n) is 0.311. The summed E-state index contributed by atoms with van der Waals surface area (Å²) in [5.74, 6) is -1.16. The first-order valence-electron chi connectivity index (χ1n) is 2.82. The van der Waals surface area contributed by atoms with Gasteiger partial charge < -0.3 is 10.8 Å². The first-order valence-corrected chi connectivity index (χ1v) is 4.40. The topological polar surface area (TPSA) is 105 Å². The molecule has 0 aliphatic heterocycles. The van der Waals surface area contributed by atoms with Crippen molar-refractivity contribution < 1.29 is 14.7 Å². The number of halogens is 2. The predicted molar refractivity (Wildman–Crippen MR) is 53.7 cm³/mol. The van der Waals surface area contributed by atoms with E-state index in [0.717, 1.165) is 6.21 Å². The lowest BCUT2D eigenvalue weighted by molar-refractivity contribution is -0.131. The lowest BCUT2D eigenvalue weighted by Gasteiger charge is -1.93. The molecule has 6 nitrogen and oxygen atoms in total. The summed E-state index contributed by atoms with van der Waals surface area (Å²) < 4.78 is 0.0660. The third-order valence-corrected chi connectivity index (χ3v) is 2.65. The quantitative estimate of drug-likeness (QED) is 0.406. The van der Waals surface area contributed by atoms with E-state index in [1.807, 2.05) is 5.43 Å². The Kier molecular flexibility index (Phi) is 5.31. The molecule has 0 bridgehead atoms. The Labute approximate surface area is 90.1 Å². The van der Waals surface area contributed by atoms with E-state index in [1.165, 1.54) is 0 Å². The summed E-state index contributed by atoms with van der Waals surface area (Å²) in [7, 11) is 0. The van der Waals surface area contributed by atoms with Crippen LogP contribution in [0.25, 0.3) is 0 Å². The Bertz CT molecular complexity index is 287. The van der Waals surface area contributed by atoms with Gasteiger partial charge in [-0.05, 0) is 31.9 Å². The number of carboxylic acid groups (broad SMARTS) is 1. The number of carboxylic acids is 1. The number of hydrogen-bond donors (Lipinski definition) is 3. The minimum absolute atomic E-state index is 0.109. The Balaban J connectivity index is 4.36. The standard InChI is InChI=1S/C5H5Br2N3O3/c6-2(3(7)4(11)12)1-9-10-5(8)13/h1H,(H,11,12)(H3,8,10,13). The van der Waals surface area contributed by atoms with E-state index < -0.39 is 12.0 Å². The van der Waals surface area contributed by atoms with Gasteiger partial charge in [0.2, 0.25) is 0 Å². The lowest BCUT2D eigenvalue weighted by atomic mass is 10.5. The largest absolute Gasteiger partial charge is 0.477 e. The van der Waals surface area contributed by atoms with Crippen LogP contribution in [-0.2, 0) is 4.79 Å². The number of urea groups is 1. The van der Waals surface area contributed by atoms with Gasteiger partial charge >= 0.3 is 12.0 Å². The summed E-state index contributed by atoms with van der Waals surface area (Å²) in [4.78, 5) is 20.5. The van der Waals surface area contributed by atoms with Crippen LogP contribution in [0, 0.1) is 0 Å². The van der Waals surface area contributed by atoms with Crippen LogP contribution in [0.1, 0.15) is 0 Å². The number of primary amides is 1. The molecule has 0 aromatic heterocycles. The SMILES string of the molecule is NC(=O)NN=CC(Br)=C(Br)C(=O)O. The molecule has 0 atom stereocenters. The van der Waals surface area contributed by atoms with Gasteiger partial charge in [-0.1, -0.05) is 0 Å². The second-order valence-electron chi connectivity index (χ2n) is 1.70. The van der Waals surface area contributed by atoms with Gasteiger partial charge in [0.25, 0.3) is 0 Å². The first kappa shape index (κ1) is 12.1. The molecule has 8 heteroatoms. The summed E-state index contributed by atoms with van der Waals surface area (Å²) in [6, 6.07) is -0.831. The Hall–Kier alpha value is -0.890. The molecule has 0 rings (SSSR count). The lowest BCUT2D eigenvalue weighted by Crippen LogP contribution is -2.24. The van der Waals surface area contributed by atoms with Crippen LogP contribution >= 0.6 is 31.9 Å². The van der Waals surface area contributed by atoms with Gasteiger partial charge in [-0.25, -0.2) is 15.0 Å². The molecule has 0 aliphatic carbocycles. The van der Waals surface area contributed by atoms with E-state index in [-0.39, 0.29) is 8.96 Å². The number of aliphatic carboxylic acids is 1. The van der Waals surface area contributed by atoms with Crippen molar-refractivity contribution in [2.24, 2.45) is 10.8 Å². The minimum atomic E-state index is -1.16. The molecule has 2 amide bonds. The number of amides is 2. The van der Waals surface area contributed by atoms with Gasteiger partial charge in [0.05, 0.1) is 10.7 Å². The molecule has 0 aromatic rings. The second-order valence-corrected chi connectivity index (χ2v) is 3.35. The first-order chi connectivity index (χ1) is 5.95. The highest BCUT2D eigenvalue weighted by atomic mass is 79.9. The van der Waals surface area contributed by atoms with Crippen LogP contribution in [-0.4, -0.2) is 23.3 Å². The molecular formula is C5H5Br2N3O3. The maximum Gasteiger partial charge on any atom is 0.344 e. The molecule has 0 unspecified atom stereocenters. The Morgan fingerprint density at radius 1 is 1.46 bits per heavy atom. The molecule has 0 spiro atoms. The van der Waals surface area contributed by atoms with E-state index in [1.54, 1.807) is 0 Å². The molecule has 0 saturated carbocycles. The summed E-state index contributed by atoms with van der Waals surface area (Å²) in [6.07, 6.45) is 1.09. The van der Waals surface area contributed by atoms with Crippen LogP contribution in [0.4, 0.5) is 4.79 Å². The van der Waals surface area contributed by atoms with E-state index >= 15 is 0 Å². The van der Waals surface area contributed by atoms with Gasteiger partial charge in [-0.15, -0.1) is 0 Å². The van der Waals surface area contributed by atoms with Gasteiger partial charge in [-0.2, -0.15) is 5.10 Å². The van der Waals surface area contributed by atoms with Crippen LogP contribution in [0.3, 0.4) is 0 Å². The maximum atomic E-state index is 10.3.